The molecule has 1 aliphatic rings. The van der Waals surface area contributed by atoms with Gasteiger partial charge >= 0.3 is 0 Å². The summed E-state index contributed by atoms with van der Waals surface area (Å²) in [5.41, 5.74) is 10.2. The van der Waals surface area contributed by atoms with Gasteiger partial charge in [0, 0.05) is 46.0 Å². The summed E-state index contributed by atoms with van der Waals surface area (Å²) in [6.07, 6.45) is 2.33. The first-order valence-electron chi connectivity index (χ1n) is 15.4. The highest BCUT2D eigenvalue weighted by molar-refractivity contribution is 6.30. The molecule has 0 saturated heterocycles. The number of fused-ring (bicyclic) bond motifs is 2. The van der Waals surface area contributed by atoms with Gasteiger partial charge in [0.25, 0.3) is 11.5 Å². The summed E-state index contributed by atoms with van der Waals surface area (Å²) in [4.78, 5) is 29.7. The summed E-state index contributed by atoms with van der Waals surface area (Å²) in [7, 11) is 0. The van der Waals surface area contributed by atoms with Gasteiger partial charge in [0.1, 0.15) is 5.82 Å². The van der Waals surface area contributed by atoms with Crippen LogP contribution in [0.5, 0.6) is 0 Å². The number of benzene rings is 4. The lowest BCUT2D eigenvalue weighted by Gasteiger charge is -2.16. The zero-order chi connectivity index (χ0) is 33.4. The Bertz CT molecular complexity index is 2370. The normalized spacial score (nSPS) is 12.3. The van der Waals surface area contributed by atoms with Gasteiger partial charge in [-0.05, 0) is 60.4 Å². The van der Waals surface area contributed by atoms with Gasteiger partial charge in [-0.1, -0.05) is 96.5 Å². The number of rotatable bonds is 4. The minimum Gasteiger partial charge on any atom is -0.293 e. The van der Waals surface area contributed by atoms with Crippen molar-refractivity contribution < 1.29 is 9.18 Å². The predicted molar refractivity (Wildman–Crippen MR) is 188 cm³/mol. The monoisotopic (exact) mass is 653 g/mol. The summed E-state index contributed by atoms with van der Waals surface area (Å²) in [6, 6.07) is 34.9. The number of hydrogen-bond donors (Lipinski definition) is 1. The van der Waals surface area contributed by atoms with Crippen LogP contribution in [-0.4, -0.2) is 30.3 Å². The molecule has 0 radical (unpaired) electrons. The van der Waals surface area contributed by atoms with Crippen molar-refractivity contribution >= 4 is 28.7 Å². The molecule has 4 aromatic carbocycles. The van der Waals surface area contributed by atoms with Crippen molar-refractivity contribution in [3.05, 3.63) is 165 Å². The summed E-state index contributed by atoms with van der Waals surface area (Å²) >= 11 is 5.97. The van der Waals surface area contributed by atoms with Crippen molar-refractivity contribution in [2.45, 2.75) is 20.3 Å². The minimum absolute atomic E-state index is 0.105. The molecule has 7 nitrogen and oxygen atoms in total. The van der Waals surface area contributed by atoms with E-state index in [0.717, 1.165) is 56.0 Å². The highest BCUT2D eigenvalue weighted by Crippen LogP contribution is 2.34. The second kappa shape index (κ2) is 12.7. The van der Waals surface area contributed by atoms with Crippen LogP contribution in [0.1, 0.15) is 27.4 Å². The number of H-pyrrole nitrogens is 1. The number of aromatic amines is 1. The average molecular weight is 654 g/mol. The van der Waals surface area contributed by atoms with Gasteiger partial charge in [0.2, 0.25) is 0 Å². The lowest BCUT2D eigenvalue weighted by atomic mass is 9.94. The third-order valence-corrected chi connectivity index (χ3v) is 8.55. The Balaban J connectivity index is 0.000000152. The standard InChI is InChI=1S/C20H15ClN2O.C19H14FN3O/c1-13-20(15-5-3-2-4-6-15)18-11-16(12-19(24)23(18)22-13)14-7-9-17(21)10-8-14;1-12-18(14-7-9-15(20)10-8-14)19-21-16(11-17(24)23(19)22-12)13-5-3-2-4-6-13/h2-10,12H,11H2,1H3;2-11,22H,1H3. The molecule has 1 N–H and O–H groups in total. The fourth-order valence-corrected chi connectivity index (χ4v) is 6.19. The number of allylic oxidation sites excluding steroid dienone is 2. The van der Waals surface area contributed by atoms with Gasteiger partial charge in [-0.2, -0.15) is 5.10 Å². The molecular weight excluding hydrogens is 625 g/mol. The van der Waals surface area contributed by atoms with E-state index in [1.54, 1.807) is 18.2 Å². The van der Waals surface area contributed by atoms with Gasteiger partial charge < -0.3 is 0 Å². The Kier molecular flexibility index (Phi) is 8.17. The quantitative estimate of drug-likeness (QED) is 0.206. The highest BCUT2D eigenvalue weighted by Gasteiger charge is 2.25. The van der Waals surface area contributed by atoms with E-state index in [9.17, 15) is 14.0 Å². The van der Waals surface area contributed by atoms with Gasteiger partial charge in [-0.3, -0.25) is 14.7 Å². The van der Waals surface area contributed by atoms with Crippen LogP contribution in [-0.2, 0) is 6.42 Å². The summed E-state index contributed by atoms with van der Waals surface area (Å²) < 4.78 is 16.2. The maximum Gasteiger partial charge on any atom is 0.273 e. The number of hydrogen-bond acceptors (Lipinski definition) is 4. The van der Waals surface area contributed by atoms with Crippen molar-refractivity contribution in [2.75, 3.05) is 0 Å². The molecular formula is C39H29ClFN5O2. The zero-order valence-electron chi connectivity index (χ0n) is 26.1. The second-order valence-corrected chi connectivity index (χ2v) is 11.9. The molecule has 48 heavy (non-hydrogen) atoms. The van der Waals surface area contributed by atoms with E-state index in [0.29, 0.717) is 22.8 Å². The van der Waals surface area contributed by atoms with Crippen LogP contribution in [0.3, 0.4) is 0 Å². The second-order valence-electron chi connectivity index (χ2n) is 11.5. The van der Waals surface area contributed by atoms with E-state index in [1.165, 1.54) is 27.4 Å². The molecule has 4 heterocycles. The third-order valence-electron chi connectivity index (χ3n) is 8.30. The molecule has 0 unspecified atom stereocenters. The molecule has 0 aliphatic carbocycles. The van der Waals surface area contributed by atoms with Gasteiger partial charge in [-0.15, -0.1) is 0 Å². The van der Waals surface area contributed by atoms with Crippen molar-refractivity contribution in [2.24, 2.45) is 0 Å². The molecule has 1 aliphatic heterocycles. The largest absolute Gasteiger partial charge is 0.293 e. The average Bonchev–Trinajstić information content (AvgIpc) is 3.62. The van der Waals surface area contributed by atoms with Crippen molar-refractivity contribution in [1.82, 2.24) is 24.4 Å². The Morgan fingerprint density at radius 3 is 2.02 bits per heavy atom. The van der Waals surface area contributed by atoms with E-state index in [4.69, 9.17) is 11.6 Å². The van der Waals surface area contributed by atoms with Crippen LogP contribution in [0.4, 0.5) is 4.39 Å². The number of aryl methyl sites for hydroxylation is 2. The van der Waals surface area contributed by atoms with E-state index in [-0.39, 0.29) is 17.3 Å². The molecule has 0 fully saturated rings. The lowest BCUT2D eigenvalue weighted by Crippen LogP contribution is -2.19. The zero-order valence-corrected chi connectivity index (χ0v) is 26.9. The summed E-state index contributed by atoms with van der Waals surface area (Å²) in [5.74, 6) is -0.405. The molecule has 8 rings (SSSR count). The van der Waals surface area contributed by atoms with Crippen LogP contribution in [0, 0.1) is 19.7 Å². The number of carbonyl (C=O) groups excluding carboxylic acids is 1. The highest BCUT2D eigenvalue weighted by atomic mass is 35.5. The lowest BCUT2D eigenvalue weighted by molar-refractivity contribution is 0.0948. The third kappa shape index (κ3) is 5.89. The fraction of sp³-hybridized carbons (Fsp3) is 0.0769. The van der Waals surface area contributed by atoms with E-state index >= 15 is 0 Å². The molecule has 0 spiro atoms. The van der Waals surface area contributed by atoms with E-state index < -0.39 is 0 Å². The predicted octanol–water partition coefficient (Wildman–Crippen LogP) is 8.60. The SMILES string of the molecule is Cc1[nH]n2c(=O)cc(-c3ccccc3)nc2c1-c1ccc(F)cc1.Cc1nn2c(c1-c1ccccc1)CC(c1ccc(Cl)cc1)=CC2=O. The number of aromatic nitrogens is 5. The first kappa shape index (κ1) is 30.8. The molecule has 7 aromatic rings. The first-order valence-corrected chi connectivity index (χ1v) is 15.7. The summed E-state index contributed by atoms with van der Waals surface area (Å²) in [6.45, 7) is 3.82. The fourth-order valence-electron chi connectivity index (χ4n) is 6.06. The van der Waals surface area contributed by atoms with Crippen LogP contribution >= 0.6 is 11.6 Å². The Morgan fingerprint density at radius 1 is 0.750 bits per heavy atom. The van der Waals surface area contributed by atoms with Gasteiger partial charge in [0.15, 0.2) is 5.65 Å². The maximum absolute atomic E-state index is 13.2. The van der Waals surface area contributed by atoms with Crippen LogP contribution in [0.2, 0.25) is 5.02 Å². The number of carbonyl (C=O) groups is 1. The van der Waals surface area contributed by atoms with Crippen LogP contribution < -0.4 is 5.56 Å². The number of nitrogens with one attached hydrogen (secondary N) is 1. The number of nitrogens with zero attached hydrogens (tertiary/aromatic N) is 4. The van der Waals surface area contributed by atoms with E-state index in [1.807, 2.05) is 86.6 Å². The van der Waals surface area contributed by atoms with Crippen molar-refractivity contribution in [1.29, 1.82) is 0 Å². The molecule has 3 aromatic heterocycles. The Morgan fingerprint density at radius 2 is 1.35 bits per heavy atom. The topological polar surface area (TPSA) is 85.0 Å². The molecule has 9 heteroatoms. The first-order chi connectivity index (χ1) is 23.3. The maximum atomic E-state index is 13.2. The molecule has 0 bridgehead atoms. The van der Waals surface area contributed by atoms with Gasteiger partial charge in [0.05, 0.1) is 17.1 Å². The van der Waals surface area contributed by atoms with Crippen LogP contribution in [0.25, 0.3) is 44.7 Å². The molecule has 0 saturated carbocycles. The van der Waals surface area contributed by atoms with E-state index in [2.05, 4.69) is 27.3 Å². The van der Waals surface area contributed by atoms with Gasteiger partial charge in [-0.25, -0.2) is 18.6 Å². The summed E-state index contributed by atoms with van der Waals surface area (Å²) in [5, 5.41) is 8.17. The minimum atomic E-state index is -0.300. The van der Waals surface area contributed by atoms with Crippen LogP contribution in [0.15, 0.2) is 126 Å². The van der Waals surface area contributed by atoms with Crippen molar-refractivity contribution in [3.8, 4) is 33.5 Å². The molecule has 236 valence electrons. The smallest absolute Gasteiger partial charge is 0.273 e. The molecule has 0 atom stereocenters. The Labute approximate surface area is 280 Å². The van der Waals surface area contributed by atoms with Crippen molar-refractivity contribution in [3.63, 3.8) is 0 Å². The number of halogens is 2. The molecule has 0 amide bonds. The Hall–Kier alpha value is -5.86.